The Balaban J connectivity index is 2.12. The Labute approximate surface area is 141 Å². The van der Waals surface area contributed by atoms with E-state index in [1.165, 1.54) is 31.5 Å². The summed E-state index contributed by atoms with van der Waals surface area (Å²) < 4.78 is 14.0. The number of aliphatic hydroxyl groups excluding tert-OH is 1. The molecular weight excluding hydrogens is 311 g/mol. The van der Waals surface area contributed by atoms with E-state index in [9.17, 15) is 19.1 Å². The molecule has 6 heteroatoms. The molecule has 1 aromatic rings. The second kappa shape index (κ2) is 8.78. The highest BCUT2D eigenvalue weighted by atomic mass is 19.1. The third-order valence-corrected chi connectivity index (χ3v) is 4.51. The van der Waals surface area contributed by atoms with Gasteiger partial charge in [-0.2, -0.15) is 0 Å². The number of carbonyl (C=O) groups is 2. The van der Waals surface area contributed by atoms with Gasteiger partial charge in [0.05, 0.1) is 5.56 Å². The summed E-state index contributed by atoms with van der Waals surface area (Å²) in [5.41, 5.74) is 0.283. The molecule has 1 aliphatic rings. The van der Waals surface area contributed by atoms with Gasteiger partial charge in [0.2, 0.25) is 5.91 Å². The number of benzene rings is 1. The summed E-state index contributed by atoms with van der Waals surface area (Å²) in [6.45, 7) is 1.33. The van der Waals surface area contributed by atoms with Gasteiger partial charge in [-0.25, -0.2) is 4.39 Å². The molecular formula is C18H25FN2O3. The largest absolute Gasteiger partial charge is 0.396 e. The van der Waals surface area contributed by atoms with Gasteiger partial charge in [0, 0.05) is 25.3 Å². The van der Waals surface area contributed by atoms with Gasteiger partial charge in [0.15, 0.2) is 0 Å². The predicted octanol–water partition coefficient (Wildman–Crippen LogP) is 2.85. The average molecular weight is 336 g/mol. The lowest BCUT2D eigenvalue weighted by molar-refractivity contribution is -0.114. The van der Waals surface area contributed by atoms with Crippen molar-refractivity contribution in [3.8, 4) is 0 Å². The van der Waals surface area contributed by atoms with Crippen LogP contribution in [0, 0.1) is 11.7 Å². The maximum Gasteiger partial charge on any atom is 0.254 e. The topological polar surface area (TPSA) is 78.4 Å². The van der Waals surface area contributed by atoms with Crippen molar-refractivity contribution < 1.29 is 19.1 Å². The summed E-state index contributed by atoms with van der Waals surface area (Å²) in [5.74, 6) is -1.11. The van der Waals surface area contributed by atoms with Gasteiger partial charge in [0.1, 0.15) is 5.82 Å². The average Bonchev–Trinajstić information content (AvgIpc) is 2.56. The first kappa shape index (κ1) is 18.4. The van der Waals surface area contributed by atoms with E-state index in [0.29, 0.717) is 18.0 Å². The quantitative estimate of drug-likeness (QED) is 0.747. The van der Waals surface area contributed by atoms with E-state index >= 15 is 0 Å². The molecule has 1 aliphatic carbocycles. The highest BCUT2D eigenvalue weighted by Crippen LogP contribution is 2.28. The molecule has 1 unspecified atom stereocenters. The van der Waals surface area contributed by atoms with Crippen LogP contribution in [0.15, 0.2) is 18.2 Å². The Hall–Kier alpha value is -1.95. The summed E-state index contributed by atoms with van der Waals surface area (Å²) in [4.78, 5) is 23.6. The van der Waals surface area contributed by atoms with Gasteiger partial charge in [-0.1, -0.05) is 19.3 Å². The minimum atomic E-state index is -0.631. The molecule has 132 valence electrons. The normalized spacial score (nSPS) is 16.5. The summed E-state index contributed by atoms with van der Waals surface area (Å²) in [7, 11) is 0. The molecule has 24 heavy (non-hydrogen) atoms. The molecule has 0 heterocycles. The number of anilines is 1. The standard InChI is InChI=1S/C18H25FN2O3/c1-12(23)20-14-7-8-16(19)15(11-14)18(24)21-17(9-10-22)13-5-3-2-4-6-13/h7-8,11,13,17,22H,2-6,9-10H2,1H3,(H,20,23)(H,21,24). The second-order valence-electron chi connectivity index (χ2n) is 6.37. The number of halogens is 1. The number of aliphatic hydroxyl groups is 1. The van der Waals surface area contributed by atoms with Crippen LogP contribution in [0.25, 0.3) is 0 Å². The zero-order valence-electron chi connectivity index (χ0n) is 14.0. The molecule has 2 rings (SSSR count). The van der Waals surface area contributed by atoms with E-state index in [1.54, 1.807) is 0 Å². The van der Waals surface area contributed by atoms with E-state index < -0.39 is 11.7 Å². The van der Waals surface area contributed by atoms with Crippen LogP contribution in [0.3, 0.4) is 0 Å². The van der Waals surface area contributed by atoms with Crippen molar-refractivity contribution in [3.05, 3.63) is 29.6 Å². The predicted molar refractivity (Wildman–Crippen MR) is 90.2 cm³/mol. The van der Waals surface area contributed by atoms with Crippen LogP contribution in [0.4, 0.5) is 10.1 Å². The minimum absolute atomic E-state index is 0.0180. The van der Waals surface area contributed by atoms with Crippen molar-refractivity contribution >= 4 is 17.5 Å². The van der Waals surface area contributed by atoms with Crippen molar-refractivity contribution in [2.45, 2.75) is 51.5 Å². The van der Waals surface area contributed by atoms with E-state index in [1.807, 2.05) is 0 Å². The molecule has 3 N–H and O–H groups in total. The van der Waals surface area contributed by atoms with Crippen molar-refractivity contribution in [2.75, 3.05) is 11.9 Å². The zero-order chi connectivity index (χ0) is 17.5. The van der Waals surface area contributed by atoms with Crippen LogP contribution in [-0.4, -0.2) is 29.6 Å². The highest BCUT2D eigenvalue weighted by Gasteiger charge is 2.26. The number of hydrogen-bond donors (Lipinski definition) is 3. The molecule has 1 aromatic carbocycles. The molecule has 0 aromatic heterocycles. The Morgan fingerprint density at radius 2 is 2.00 bits per heavy atom. The third kappa shape index (κ3) is 5.03. The molecule has 5 nitrogen and oxygen atoms in total. The number of carbonyl (C=O) groups excluding carboxylic acids is 2. The van der Waals surface area contributed by atoms with Crippen molar-refractivity contribution in [1.82, 2.24) is 5.32 Å². The SMILES string of the molecule is CC(=O)Nc1ccc(F)c(C(=O)NC(CCO)C2CCCCC2)c1. The van der Waals surface area contributed by atoms with Crippen LogP contribution in [0.1, 0.15) is 55.8 Å². The number of hydrogen-bond acceptors (Lipinski definition) is 3. The number of amides is 2. The molecule has 1 atom stereocenters. The maximum atomic E-state index is 14.0. The van der Waals surface area contributed by atoms with Crippen LogP contribution in [0.2, 0.25) is 0 Å². The second-order valence-corrected chi connectivity index (χ2v) is 6.37. The minimum Gasteiger partial charge on any atom is -0.396 e. The van der Waals surface area contributed by atoms with Gasteiger partial charge in [0.25, 0.3) is 5.91 Å². The van der Waals surface area contributed by atoms with Crippen LogP contribution < -0.4 is 10.6 Å². The smallest absolute Gasteiger partial charge is 0.254 e. The van der Waals surface area contributed by atoms with Crippen LogP contribution >= 0.6 is 0 Å². The first-order valence-electron chi connectivity index (χ1n) is 8.50. The number of nitrogens with one attached hydrogen (secondary N) is 2. The van der Waals surface area contributed by atoms with Crippen LogP contribution in [0.5, 0.6) is 0 Å². The molecule has 0 bridgehead atoms. The molecule has 1 saturated carbocycles. The van der Waals surface area contributed by atoms with Crippen LogP contribution in [-0.2, 0) is 4.79 Å². The van der Waals surface area contributed by atoms with E-state index in [2.05, 4.69) is 10.6 Å². The zero-order valence-corrected chi connectivity index (χ0v) is 14.0. The first-order chi connectivity index (χ1) is 11.5. The summed E-state index contributed by atoms with van der Waals surface area (Å²) >= 11 is 0. The van der Waals surface area contributed by atoms with Gasteiger partial charge in [-0.3, -0.25) is 9.59 Å². The first-order valence-corrected chi connectivity index (χ1v) is 8.50. The van der Waals surface area contributed by atoms with Gasteiger partial charge in [-0.15, -0.1) is 0 Å². The molecule has 0 spiro atoms. The van der Waals surface area contributed by atoms with Crippen molar-refractivity contribution in [3.63, 3.8) is 0 Å². The fourth-order valence-electron chi connectivity index (χ4n) is 3.33. The van der Waals surface area contributed by atoms with Gasteiger partial charge in [-0.05, 0) is 43.4 Å². The monoisotopic (exact) mass is 336 g/mol. The molecule has 0 radical (unpaired) electrons. The lowest BCUT2D eigenvalue weighted by Crippen LogP contribution is -2.42. The molecule has 0 aliphatic heterocycles. The van der Waals surface area contributed by atoms with E-state index in [0.717, 1.165) is 25.7 Å². The fraction of sp³-hybridized carbons (Fsp3) is 0.556. The lowest BCUT2D eigenvalue weighted by Gasteiger charge is -2.30. The Morgan fingerprint density at radius 3 is 2.62 bits per heavy atom. The van der Waals surface area contributed by atoms with Crippen molar-refractivity contribution in [2.24, 2.45) is 5.92 Å². The summed E-state index contributed by atoms with van der Waals surface area (Å²) in [5, 5.41) is 14.7. The lowest BCUT2D eigenvalue weighted by atomic mass is 9.82. The fourth-order valence-corrected chi connectivity index (χ4v) is 3.33. The highest BCUT2D eigenvalue weighted by molar-refractivity contribution is 5.97. The maximum absolute atomic E-state index is 14.0. The Bertz CT molecular complexity index is 586. The number of rotatable bonds is 6. The van der Waals surface area contributed by atoms with Gasteiger partial charge >= 0.3 is 0 Å². The van der Waals surface area contributed by atoms with Crippen molar-refractivity contribution in [1.29, 1.82) is 0 Å². The molecule has 1 fully saturated rings. The summed E-state index contributed by atoms with van der Waals surface area (Å²) in [6, 6.07) is 3.76. The third-order valence-electron chi connectivity index (χ3n) is 4.51. The summed E-state index contributed by atoms with van der Waals surface area (Å²) in [6.07, 6.45) is 5.93. The Kier molecular flexibility index (Phi) is 6.73. The van der Waals surface area contributed by atoms with Gasteiger partial charge < -0.3 is 15.7 Å². The molecule has 0 saturated heterocycles. The van der Waals surface area contributed by atoms with E-state index in [-0.39, 0.29) is 24.1 Å². The van der Waals surface area contributed by atoms with E-state index in [4.69, 9.17) is 0 Å². The molecule has 2 amide bonds. The Morgan fingerprint density at radius 1 is 1.29 bits per heavy atom.